The molecule has 0 atom stereocenters. The lowest BCUT2D eigenvalue weighted by Gasteiger charge is -1.92. The number of H-pyrrole nitrogens is 3. The molecule has 0 saturated carbocycles. The summed E-state index contributed by atoms with van der Waals surface area (Å²) in [5.74, 6) is 0. The highest BCUT2D eigenvalue weighted by Gasteiger charge is 2.05. The number of nitrogens with one attached hydrogen (secondary N) is 3. The summed E-state index contributed by atoms with van der Waals surface area (Å²) in [5, 5.41) is 12.8. The minimum Gasteiger partial charge on any atom is -0.355 e. The number of benzene rings is 3. The van der Waals surface area contributed by atoms with Gasteiger partial charge in [-0.1, -0.05) is 72.8 Å². The largest absolute Gasteiger partial charge is 0.355 e. The van der Waals surface area contributed by atoms with Crippen molar-refractivity contribution in [3.8, 4) is 0 Å². The molecule has 13 rings (SSSR count). The van der Waals surface area contributed by atoms with E-state index < -0.39 is 0 Å². The van der Waals surface area contributed by atoms with E-state index in [1.54, 1.807) is 0 Å². The number of allylic oxidation sites excluding steroid dienone is 3. The van der Waals surface area contributed by atoms with Gasteiger partial charge in [0.2, 0.25) is 0 Å². The summed E-state index contributed by atoms with van der Waals surface area (Å²) in [6.07, 6.45) is 18.6. The van der Waals surface area contributed by atoms with Gasteiger partial charge in [-0.25, -0.2) is 15.0 Å². The Labute approximate surface area is 290 Å². The SMILES string of the molecule is C1=CC2=c3ccc(cc3)=c3ccc([nH]3)=CC3=NC(=c4ccc(cc4)=c4ccc([nH]4)=CC4=NC(=c5ccc(cc5)=c5ccc([nH]5)=CC1=N2)C=C4)C=C3. The smallest absolute Gasteiger partial charge is 0.0710 e. The maximum absolute atomic E-state index is 4.90. The Hall–Kier alpha value is -7.05. The molecule has 6 heteroatoms. The first-order chi connectivity index (χ1) is 25.1. The van der Waals surface area contributed by atoms with Gasteiger partial charge in [-0.05, 0) is 107 Å². The second-order valence-corrected chi connectivity index (χ2v) is 12.9. The van der Waals surface area contributed by atoms with Gasteiger partial charge in [0.25, 0.3) is 0 Å². The molecule has 0 spiro atoms. The number of hydrogen-bond acceptors (Lipinski definition) is 3. The second kappa shape index (κ2) is 11.8. The van der Waals surface area contributed by atoms with Gasteiger partial charge in [0.1, 0.15) is 0 Å². The van der Waals surface area contributed by atoms with Gasteiger partial charge in [-0.2, -0.15) is 0 Å². The standard InChI is InChI=1S/C45H30N6/c1-2-29-4-3-28(1)40-19-13-34(46-40)25-36-15-21-42(48-36)30-5-7-32(8-6-30)44-23-17-38(50-44)27-39-18-24-45(51-39)33-11-9-31(10-12-33)43-22-16-37(49-43)26-35-14-20-41(29)47-35/h1-27,46,49-50H. The zero-order valence-corrected chi connectivity index (χ0v) is 27.4. The third-order valence-electron chi connectivity index (χ3n) is 9.50. The van der Waals surface area contributed by atoms with Crippen LogP contribution in [0.15, 0.2) is 161 Å². The Balaban J connectivity index is 1.13. The molecule has 3 aromatic heterocycles. The van der Waals surface area contributed by atoms with Crippen LogP contribution in [0.1, 0.15) is 0 Å². The number of rotatable bonds is 0. The Kier molecular flexibility index (Phi) is 6.70. The number of fused-ring (bicyclic) bond motifs is 3. The molecule has 0 saturated heterocycles. The average Bonchev–Trinajstić information content (AvgIpc) is 4.02. The zero-order chi connectivity index (χ0) is 33.7. The van der Waals surface area contributed by atoms with E-state index in [2.05, 4.69) is 179 Å². The molecule has 7 aliphatic heterocycles. The van der Waals surface area contributed by atoms with E-state index in [4.69, 9.17) is 15.0 Å². The van der Waals surface area contributed by atoms with E-state index in [0.717, 1.165) is 97.6 Å². The van der Waals surface area contributed by atoms with E-state index in [-0.39, 0.29) is 0 Å². The first-order valence-corrected chi connectivity index (χ1v) is 17.0. The number of aliphatic imine (C=N–C) groups is 3. The van der Waals surface area contributed by atoms with Crippen molar-refractivity contribution in [2.24, 2.45) is 15.0 Å². The maximum atomic E-state index is 4.90. The minimum atomic E-state index is 0.913. The fraction of sp³-hybridized carbons (Fsp3) is 0. The molecule has 6 nitrogen and oxygen atoms in total. The van der Waals surface area contributed by atoms with Crippen molar-refractivity contribution in [1.29, 1.82) is 0 Å². The van der Waals surface area contributed by atoms with Gasteiger partial charge in [0.15, 0.2) is 0 Å². The molecule has 10 heterocycles. The van der Waals surface area contributed by atoms with Crippen LogP contribution in [-0.2, 0) is 0 Å². The molecule has 3 aromatic carbocycles. The first kappa shape index (κ1) is 28.9. The normalized spacial score (nSPS) is 15.5. The molecule has 6 aromatic rings. The summed E-state index contributed by atoms with van der Waals surface area (Å²) < 4.78 is 0. The highest BCUT2D eigenvalue weighted by atomic mass is 14.8. The predicted molar refractivity (Wildman–Crippen MR) is 206 cm³/mol. The quantitative estimate of drug-likeness (QED) is 0.224. The lowest BCUT2D eigenvalue weighted by Crippen LogP contribution is -2.04. The van der Waals surface area contributed by atoms with E-state index >= 15 is 0 Å². The molecule has 3 N–H and O–H groups in total. The molecule has 0 amide bonds. The molecule has 240 valence electrons. The van der Waals surface area contributed by atoms with Crippen LogP contribution in [0.5, 0.6) is 0 Å². The van der Waals surface area contributed by atoms with Crippen molar-refractivity contribution in [3.63, 3.8) is 0 Å². The minimum absolute atomic E-state index is 0.913. The molecular formula is C45H30N6. The topological polar surface area (TPSA) is 84.5 Å². The van der Waals surface area contributed by atoms with Crippen molar-refractivity contribution < 1.29 is 0 Å². The molecular weight excluding hydrogens is 625 g/mol. The lowest BCUT2D eigenvalue weighted by atomic mass is 10.2. The summed E-state index contributed by atoms with van der Waals surface area (Å²) in [4.78, 5) is 25.3. The van der Waals surface area contributed by atoms with Crippen LogP contribution in [0.25, 0.3) is 35.3 Å². The van der Waals surface area contributed by atoms with Crippen LogP contribution in [-0.4, -0.2) is 32.1 Å². The Bertz CT molecular complexity index is 2930. The molecule has 0 unspecified atom stereocenters. The van der Waals surface area contributed by atoms with Gasteiger partial charge in [-0.3, -0.25) is 0 Å². The fourth-order valence-electron chi connectivity index (χ4n) is 6.79. The first-order valence-electron chi connectivity index (χ1n) is 17.0. The van der Waals surface area contributed by atoms with Crippen LogP contribution < -0.4 is 31.7 Å². The predicted octanol–water partition coefficient (Wildman–Crippen LogP) is 3.64. The fourth-order valence-corrected chi connectivity index (χ4v) is 6.79. The van der Waals surface area contributed by atoms with Gasteiger partial charge < -0.3 is 15.0 Å². The van der Waals surface area contributed by atoms with Crippen LogP contribution in [0, 0.1) is 31.7 Å². The van der Waals surface area contributed by atoms with E-state index in [1.807, 2.05) is 0 Å². The summed E-state index contributed by atoms with van der Waals surface area (Å²) in [7, 11) is 0. The van der Waals surface area contributed by atoms with E-state index in [9.17, 15) is 0 Å². The zero-order valence-electron chi connectivity index (χ0n) is 27.4. The number of nitrogens with zero attached hydrogens (tertiary/aromatic N) is 3. The molecule has 0 radical (unpaired) electrons. The summed E-state index contributed by atoms with van der Waals surface area (Å²) in [5.41, 5.74) is 5.58. The van der Waals surface area contributed by atoms with Gasteiger partial charge >= 0.3 is 0 Å². The summed E-state index contributed by atoms with van der Waals surface area (Å²) >= 11 is 0. The second-order valence-electron chi connectivity index (χ2n) is 12.9. The number of hydrogen-bond donors (Lipinski definition) is 3. The van der Waals surface area contributed by atoms with Crippen LogP contribution in [0.3, 0.4) is 0 Å². The van der Waals surface area contributed by atoms with Crippen molar-refractivity contribution in [3.05, 3.63) is 209 Å². The Morgan fingerprint density at radius 2 is 0.549 bits per heavy atom. The molecule has 0 aliphatic carbocycles. The van der Waals surface area contributed by atoms with Gasteiger partial charge in [0, 0.05) is 47.8 Å². The van der Waals surface area contributed by atoms with Gasteiger partial charge in [0.05, 0.1) is 34.2 Å². The lowest BCUT2D eigenvalue weighted by molar-refractivity contribution is 1.25. The summed E-state index contributed by atoms with van der Waals surface area (Å²) in [6.45, 7) is 0. The molecule has 51 heavy (non-hydrogen) atoms. The molecule has 0 fully saturated rings. The highest BCUT2D eigenvalue weighted by Crippen LogP contribution is 2.11. The van der Waals surface area contributed by atoms with Crippen molar-refractivity contribution in [1.82, 2.24) is 15.0 Å². The third-order valence-corrected chi connectivity index (χ3v) is 9.50. The third kappa shape index (κ3) is 5.65. The monoisotopic (exact) mass is 654 g/mol. The van der Waals surface area contributed by atoms with Crippen molar-refractivity contribution >= 4 is 52.5 Å². The Morgan fingerprint density at radius 1 is 0.275 bits per heavy atom. The average molecular weight is 655 g/mol. The van der Waals surface area contributed by atoms with Crippen LogP contribution in [0.4, 0.5) is 0 Å². The molecule has 7 aliphatic rings. The maximum Gasteiger partial charge on any atom is 0.0710 e. The van der Waals surface area contributed by atoms with E-state index in [0.29, 0.717) is 0 Å². The van der Waals surface area contributed by atoms with Gasteiger partial charge in [-0.15, -0.1) is 0 Å². The van der Waals surface area contributed by atoms with E-state index in [1.165, 1.54) is 0 Å². The van der Waals surface area contributed by atoms with Crippen molar-refractivity contribution in [2.45, 2.75) is 0 Å². The highest BCUT2D eigenvalue weighted by molar-refractivity contribution is 6.22. The summed E-state index contributed by atoms with van der Waals surface area (Å²) in [6, 6.07) is 38.2. The Morgan fingerprint density at radius 3 is 0.843 bits per heavy atom. The van der Waals surface area contributed by atoms with Crippen molar-refractivity contribution in [2.75, 3.05) is 0 Å². The number of aromatic nitrogens is 3. The molecule has 18 bridgehead atoms. The van der Waals surface area contributed by atoms with Crippen LogP contribution >= 0.6 is 0 Å². The van der Waals surface area contributed by atoms with Crippen LogP contribution in [0.2, 0.25) is 0 Å². The number of aromatic amines is 3.